The van der Waals surface area contributed by atoms with Gasteiger partial charge in [0.1, 0.15) is 0 Å². The molecular weight excluding hydrogens is 276 g/mol. The average molecular weight is 296 g/mol. The van der Waals surface area contributed by atoms with E-state index in [9.17, 15) is 9.90 Å². The summed E-state index contributed by atoms with van der Waals surface area (Å²) in [4.78, 5) is 15.9. The molecule has 1 unspecified atom stereocenters. The number of benzene rings is 1. The Kier molecular flexibility index (Phi) is 5.44. The number of carbonyl (C=O) groups is 1. The molecule has 22 heavy (non-hydrogen) atoms. The van der Waals surface area contributed by atoms with Crippen LogP contribution in [-0.4, -0.2) is 22.5 Å². The Morgan fingerprint density at radius 2 is 1.86 bits per heavy atom. The molecule has 1 aromatic carbocycles. The average Bonchev–Trinajstić information content (AvgIpc) is 2.55. The van der Waals surface area contributed by atoms with Crippen LogP contribution >= 0.6 is 0 Å². The number of aromatic nitrogens is 1. The molecule has 2 aromatic rings. The third-order valence-electron chi connectivity index (χ3n) is 3.37. The maximum absolute atomic E-state index is 12.0. The van der Waals surface area contributed by atoms with Gasteiger partial charge in [-0.05, 0) is 43.2 Å². The second-order valence-corrected chi connectivity index (χ2v) is 5.24. The number of carbonyl (C=O) groups excluding carboxylic acids is 1. The zero-order chi connectivity index (χ0) is 15.9. The summed E-state index contributed by atoms with van der Waals surface area (Å²) in [6.07, 6.45) is 4.32. The van der Waals surface area contributed by atoms with E-state index < -0.39 is 6.10 Å². The predicted octanol–water partition coefficient (Wildman–Crippen LogP) is 2.64. The highest BCUT2D eigenvalue weighted by Crippen LogP contribution is 2.11. The van der Waals surface area contributed by atoms with Gasteiger partial charge in [0, 0.05) is 24.5 Å². The molecule has 0 saturated heterocycles. The van der Waals surface area contributed by atoms with Crippen LogP contribution in [0.4, 0.5) is 0 Å². The summed E-state index contributed by atoms with van der Waals surface area (Å²) in [5.41, 5.74) is 3.49. The predicted molar refractivity (Wildman–Crippen MR) is 87.0 cm³/mol. The Labute approximate surface area is 130 Å². The molecule has 4 nitrogen and oxygen atoms in total. The minimum atomic E-state index is -0.737. The first-order valence-electron chi connectivity index (χ1n) is 7.17. The number of rotatable bonds is 5. The number of pyridine rings is 1. The third kappa shape index (κ3) is 4.53. The molecule has 4 heteroatoms. The van der Waals surface area contributed by atoms with E-state index in [2.05, 4.69) is 10.3 Å². The van der Waals surface area contributed by atoms with Crippen LogP contribution in [0.3, 0.4) is 0 Å². The molecule has 0 aliphatic rings. The molecular formula is C18H20N2O2. The summed E-state index contributed by atoms with van der Waals surface area (Å²) in [6, 6.07) is 11.4. The molecule has 1 heterocycles. The van der Waals surface area contributed by atoms with Crippen LogP contribution in [0.1, 0.15) is 29.7 Å². The van der Waals surface area contributed by atoms with E-state index in [0.717, 1.165) is 11.1 Å². The van der Waals surface area contributed by atoms with Crippen molar-refractivity contribution in [3.05, 3.63) is 71.1 Å². The van der Waals surface area contributed by atoms with Gasteiger partial charge in [0.2, 0.25) is 5.91 Å². The molecule has 0 aliphatic carbocycles. The Morgan fingerprint density at radius 1 is 1.23 bits per heavy atom. The minimum absolute atomic E-state index is 0.169. The molecule has 0 saturated carbocycles. The lowest BCUT2D eigenvalue weighted by molar-refractivity contribution is -0.117. The number of amides is 1. The lowest BCUT2D eigenvalue weighted by atomic mass is 10.1. The van der Waals surface area contributed by atoms with Gasteiger partial charge in [-0.3, -0.25) is 9.78 Å². The van der Waals surface area contributed by atoms with Crippen molar-refractivity contribution >= 4 is 12.0 Å². The number of hydrogen-bond donors (Lipinski definition) is 2. The van der Waals surface area contributed by atoms with Gasteiger partial charge >= 0.3 is 0 Å². The maximum Gasteiger partial charge on any atom is 0.247 e. The molecule has 0 radical (unpaired) electrons. The number of hydrogen-bond acceptors (Lipinski definition) is 3. The summed E-state index contributed by atoms with van der Waals surface area (Å²) in [5, 5.41) is 12.7. The van der Waals surface area contributed by atoms with Crippen molar-refractivity contribution in [1.29, 1.82) is 0 Å². The lowest BCUT2D eigenvalue weighted by Crippen LogP contribution is -2.28. The minimum Gasteiger partial charge on any atom is -0.387 e. The van der Waals surface area contributed by atoms with Crippen molar-refractivity contribution in [3.8, 4) is 0 Å². The van der Waals surface area contributed by atoms with Gasteiger partial charge in [-0.2, -0.15) is 0 Å². The number of nitrogens with zero attached hydrogens (tertiary/aromatic N) is 1. The van der Waals surface area contributed by atoms with Crippen molar-refractivity contribution in [2.45, 2.75) is 20.0 Å². The summed E-state index contributed by atoms with van der Waals surface area (Å²) in [7, 11) is 0. The molecule has 0 spiro atoms. The highest BCUT2D eigenvalue weighted by atomic mass is 16.3. The molecule has 1 aromatic heterocycles. The van der Waals surface area contributed by atoms with Crippen LogP contribution in [0, 0.1) is 6.92 Å². The quantitative estimate of drug-likeness (QED) is 0.834. The van der Waals surface area contributed by atoms with E-state index in [1.165, 1.54) is 5.56 Å². The summed E-state index contributed by atoms with van der Waals surface area (Å²) in [5.74, 6) is -0.186. The monoisotopic (exact) mass is 296 g/mol. The Morgan fingerprint density at radius 3 is 2.50 bits per heavy atom. The topological polar surface area (TPSA) is 62.2 Å². The fraction of sp³-hybridized carbons (Fsp3) is 0.222. The van der Waals surface area contributed by atoms with E-state index in [1.54, 1.807) is 31.5 Å². The largest absolute Gasteiger partial charge is 0.387 e. The molecule has 2 N–H and O–H groups in total. The van der Waals surface area contributed by atoms with Crippen LogP contribution in [0.15, 0.2) is 54.4 Å². The van der Waals surface area contributed by atoms with Crippen molar-refractivity contribution in [1.82, 2.24) is 10.3 Å². The second kappa shape index (κ2) is 7.52. The number of aryl methyl sites for hydroxylation is 1. The van der Waals surface area contributed by atoms with E-state index in [1.807, 2.05) is 37.3 Å². The van der Waals surface area contributed by atoms with Crippen LogP contribution in [0.5, 0.6) is 0 Å². The van der Waals surface area contributed by atoms with E-state index in [4.69, 9.17) is 0 Å². The SMILES string of the molecule is C/C(=C/c1ccc(C)cc1)C(=O)NCC(O)c1ccncc1. The van der Waals surface area contributed by atoms with Gasteiger partial charge in [0.15, 0.2) is 0 Å². The van der Waals surface area contributed by atoms with Crippen molar-refractivity contribution in [2.75, 3.05) is 6.54 Å². The van der Waals surface area contributed by atoms with E-state index in [-0.39, 0.29) is 12.5 Å². The maximum atomic E-state index is 12.0. The van der Waals surface area contributed by atoms with Crippen molar-refractivity contribution in [2.24, 2.45) is 0 Å². The van der Waals surface area contributed by atoms with Gasteiger partial charge in [0.25, 0.3) is 0 Å². The van der Waals surface area contributed by atoms with Crippen molar-refractivity contribution < 1.29 is 9.90 Å². The molecule has 0 bridgehead atoms. The Bertz CT molecular complexity index is 649. The van der Waals surface area contributed by atoms with Crippen LogP contribution < -0.4 is 5.32 Å². The van der Waals surface area contributed by atoms with Gasteiger partial charge in [-0.15, -0.1) is 0 Å². The third-order valence-corrected chi connectivity index (χ3v) is 3.37. The fourth-order valence-corrected chi connectivity index (χ4v) is 2.01. The molecule has 1 amide bonds. The van der Waals surface area contributed by atoms with Crippen LogP contribution in [0.2, 0.25) is 0 Å². The standard InChI is InChI=1S/C18H20N2O2/c1-13-3-5-15(6-4-13)11-14(2)18(22)20-12-17(21)16-7-9-19-10-8-16/h3-11,17,21H,12H2,1-2H3,(H,20,22)/b14-11-. The van der Waals surface area contributed by atoms with E-state index in [0.29, 0.717) is 5.57 Å². The normalized spacial score (nSPS) is 12.8. The molecule has 1 atom stereocenters. The summed E-state index contributed by atoms with van der Waals surface area (Å²) < 4.78 is 0. The first-order valence-corrected chi connectivity index (χ1v) is 7.17. The van der Waals surface area contributed by atoms with Crippen LogP contribution in [0.25, 0.3) is 6.08 Å². The fourth-order valence-electron chi connectivity index (χ4n) is 2.01. The Hall–Kier alpha value is -2.46. The molecule has 0 fully saturated rings. The highest BCUT2D eigenvalue weighted by Gasteiger charge is 2.10. The highest BCUT2D eigenvalue weighted by molar-refractivity contribution is 5.97. The molecule has 114 valence electrons. The smallest absolute Gasteiger partial charge is 0.247 e. The van der Waals surface area contributed by atoms with Gasteiger partial charge in [-0.25, -0.2) is 0 Å². The zero-order valence-electron chi connectivity index (χ0n) is 12.8. The second-order valence-electron chi connectivity index (χ2n) is 5.24. The van der Waals surface area contributed by atoms with Gasteiger partial charge in [-0.1, -0.05) is 29.8 Å². The van der Waals surface area contributed by atoms with Crippen LogP contribution in [-0.2, 0) is 4.79 Å². The molecule has 0 aliphatic heterocycles. The number of aliphatic hydroxyl groups excluding tert-OH is 1. The summed E-state index contributed by atoms with van der Waals surface area (Å²) in [6.45, 7) is 3.95. The van der Waals surface area contributed by atoms with Gasteiger partial charge < -0.3 is 10.4 Å². The number of aliphatic hydroxyl groups is 1. The molecule has 2 rings (SSSR count). The number of nitrogens with one attached hydrogen (secondary N) is 1. The Balaban J connectivity index is 1.92. The van der Waals surface area contributed by atoms with Crippen molar-refractivity contribution in [3.63, 3.8) is 0 Å². The lowest BCUT2D eigenvalue weighted by Gasteiger charge is -2.12. The first-order chi connectivity index (χ1) is 10.6. The zero-order valence-corrected chi connectivity index (χ0v) is 12.8. The van der Waals surface area contributed by atoms with Gasteiger partial charge in [0.05, 0.1) is 6.10 Å². The summed E-state index contributed by atoms with van der Waals surface area (Å²) >= 11 is 0. The van der Waals surface area contributed by atoms with E-state index >= 15 is 0 Å². The first kappa shape index (κ1) is 15.9.